The molecule has 0 aromatic heterocycles. The molecule has 1 aromatic rings. The minimum Gasteiger partial charge on any atom is -0.300 e. The third-order valence-corrected chi connectivity index (χ3v) is 2.17. The highest BCUT2D eigenvalue weighted by Crippen LogP contribution is 2.26. The van der Waals surface area contributed by atoms with Gasteiger partial charge in [-0.15, -0.1) is 0 Å². The maximum Gasteiger partial charge on any atom is 0.134 e. The molecule has 0 fully saturated rings. The van der Waals surface area contributed by atoms with E-state index in [1.165, 1.54) is 39.0 Å². The summed E-state index contributed by atoms with van der Waals surface area (Å²) in [5, 5.41) is 0. The van der Waals surface area contributed by atoms with Crippen molar-refractivity contribution >= 4 is 5.78 Å². The quantitative estimate of drug-likeness (QED) is 0.752. The first kappa shape index (κ1) is 11.8. The SMILES string of the molecule is CC(=O)Cc1cc(C(C)(C)F)ccc1F. The predicted molar refractivity (Wildman–Crippen MR) is 54.9 cm³/mol. The van der Waals surface area contributed by atoms with Crippen LogP contribution in [0.2, 0.25) is 0 Å². The Morgan fingerprint density at radius 2 is 2.00 bits per heavy atom. The Labute approximate surface area is 88.1 Å². The molecule has 0 amide bonds. The molecule has 0 aliphatic rings. The topological polar surface area (TPSA) is 17.1 Å². The molecule has 1 rings (SSSR count). The number of carbonyl (C=O) groups excluding carboxylic acids is 1. The van der Waals surface area contributed by atoms with E-state index >= 15 is 0 Å². The second kappa shape index (κ2) is 4.09. The number of benzene rings is 1. The van der Waals surface area contributed by atoms with Crippen molar-refractivity contribution in [3.63, 3.8) is 0 Å². The normalized spacial score (nSPS) is 11.5. The summed E-state index contributed by atoms with van der Waals surface area (Å²) in [5.41, 5.74) is -0.870. The Morgan fingerprint density at radius 1 is 1.40 bits per heavy atom. The third-order valence-electron chi connectivity index (χ3n) is 2.17. The zero-order chi connectivity index (χ0) is 11.6. The molecular weight excluding hydrogens is 198 g/mol. The molecule has 0 bridgehead atoms. The fourth-order valence-corrected chi connectivity index (χ4v) is 1.35. The van der Waals surface area contributed by atoms with Gasteiger partial charge in [0.05, 0.1) is 0 Å². The number of rotatable bonds is 3. The number of Topliss-reactive ketones (excluding diaryl/α,β-unsaturated/α-hetero) is 1. The van der Waals surface area contributed by atoms with Gasteiger partial charge in [0.1, 0.15) is 17.3 Å². The average Bonchev–Trinajstić information content (AvgIpc) is 2.06. The molecule has 82 valence electrons. The Bertz CT molecular complexity index is 378. The number of ketones is 1. The summed E-state index contributed by atoms with van der Waals surface area (Å²) < 4.78 is 26.8. The van der Waals surface area contributed by atoms with E-state index in [4.69, 9.17) is 0 Å². The van der Waals surface area contributed by atoms with Gasteiger partial charge in [-0.3, -0.25) is 4.79 Å². The van der Waals surface area contributed by atoms with E-state index in [-0.39, 0.29) is 17.8 Å². The summed E-state index contributed by atoms with van der Waals surface area (Å²) in [6.45, 7) is 4.18. The average molecular weight is 212 g/mol. The van der Waals surface area contributed by atoms with Crippen LogP contribution in [0.1, 0.15) is 31.9 Å². The lowest BCUT2D eigenvalue weighted by Crippen LogP contribution is -2.11. The molecule has 1 aromatic carbocycles. The molecule has 0 unspecified atom stereocenters. The van der Waals surface area contributed by atoms with Crippen LogP contribution in [0.15, 0.2) is 18.2 Å². The van der Waals surface area contributed by atoms with Gasteiger partial charge in [0.2, 0.25) is 0 Å². The standard InChI is InChI=1S/C12H14F2O/c1-8(15)6-9-7-10(12(2,3)14)4-5-11(9)13/h4-5,7H,6H2,1-3H3. The van der Waals surface area contributed by atoms with E-state index < -0.39 is 11.5 Å². The number of carbonyl (C=O) groups is 1. The Hall–Kier alpha value is -1.25. The van der Waals surface area contributed by atoms with E-state index in [1.54, 1.807) is 0 Å². The van der Waals surface area contributed by atoms with Gasteiger partial charge < -0.3 is 0 Å². The monoisotopic (exact) mass is 212 g/mol. The van der Waals surface area contributed by atoms with Crippen molar-refractivity contribution in [2.75, 3.05) is 0 Å². The van der Waals surface area contributed by atoms with Gasteiger partial charge >= 0.3 is 0 Å². The van der Waals surface area contributed by atoms with E-state index in [1.807, 2.05) is 0 Å². The molecular formula is C12H14F2O. The van der Waals surface area contributed by atoms with Gasteiger partial charge in [0.15, 0.2) is 0 Å². The van der Waals surface area contributed by atoms with Crippen LogP contribution >= 0.6 is 0 Å². The van der Waals surface area contributed by atoms with Crippen molar-refractivity contribution in [1.29, 1.82) is 0 Å². The molecule has 0 radical (unpaired) electrons. The van der Waals surface area contributed by atoms with Crippen molar-refractivity contribution in [3.05, 3.63) is 35.1 Å². The van der Waals surface area contributed by atoms with Crippen LogP contribution < -0.4 is 0 Å². The lowest BCUT2D eigenvalue weighted by atomic mass is 9.96. The first-order valence-corrected chi connectivity index (χ1v) is 4.78. The minimum atomic E-state index is -1.51. The number of alkyl halides is 1. The molecule has 0 aliphatic carbocycles. The zero-order valence-electron chi connectivity index (χ0n) is 9.10. The number of halogens is 2. The van der Waals surface area contributed by atoms with Crippen molar-refractivity contribution in [2.45, 2.75) is 32.9 Å². The largest absolute Gasteiger partial charge is 0.300 e. The molecule has 0 saturated carbocycles. The minimum absolute atomic E-state index is 0.00968. The first-order chi connectivity index (χ1) is 6.80. The Balaban J connectivity index is 3.11. The van der Waals surface area contributed by atoms with Crippen LogP contribution in [0.5, 0.6) is 0 Å². The highest BCUT2D eigenvalue weighted by Gasteiger charge is 2.20. The predicted octanol–water partition coefficient (Wildman–Crippen LogP) is 3.16. The van der Waals surface area contributed by atoms with Crippen molar-refractivity contribution in [2.24, 2.45) is 0 Å². The van der Waals surface area contributed by atoms with Crippen molar-refractivity contribution in [3.8, 4) is 0 Å². The van der Waals surface area contributed by atoms with Gasteiger partial charge in [-0.1, -0.05) is 6.07 Å². The highest BCUT2D eigenvalue weighted by atomic mass is 19.1. The van der Waals surface area contributed by atoms with Crippen LogP contribution in [0.25, 0.3) is 0 Å². The molecule has 0 heterocycles. The molecule has 3 heteroatoms. The fraction of sp³-hybridized carbons (Fsp3) is 0.417. The maximum absolute atomic E-state index is 13.6. The van der Waals surface area contributed by atoms with E-state index in [0.717, 1.165) is 0 Å². The van der Waals surface area contributed by atoms with Gasteiger partial charge in [-0.05, 0) is 44.0 Å². The van der Waals surface area contributed by atoms with Crippen LogP contribution in [0.3, 0.4) is 0 Å². The summed E-state index contributed by atoms with van der Waals surface area (Å²) in [5.74, 6) is -0.596. The number of hydrogen-bond donors (Lipinski definition) is 0. The summed E-state index contributed by atoms with van der Waals surface area (Å²) in [4.78, 5) is 10.9. The van der Waals surface area contributed by atoms with Gasteiger partial charge in [0, 0.05) is 6.42 Å². The van der Waals surface area contributed by atoms with E-state index in [9.17, 15) is 13.6 Å². The first-order valence-electron chi connectivity index (χ1n) is 4.78. The summed E-state index contributed by atoms with van der Waals surface area (Å²) >= 11 is 0. The van der Waals surface area contributed by atoms with Crippen molar-refractivity contribution < 1.29 is 13.6 Å². The van der Waals surface area contributed by atoms with Crippen LogP contribution in [0, 0.1) is 5.82 Å². The highest BCUT2D eigenvalue weighted by molar-refractivity contribution is 5.78. The second-order valence-electron chi connectivity index (χ2n) is 4.16. The smallest absolute Gasteiger partial charge is 0.134 e. The summed E-state index contributed by atoms with van der Waals surface area (Å²) in [6.07, 6.45) is 0.00968. The van der Waals surface area contributed by atoms with Crippen molar-refractivity contribution in [1.82, 2.24) is 0 Å². The van der Waals surface area contributed by atoms with Crippen LogP contribution in [-0.2, 0) is 16.9 Å². The van der Waals surface area contributed by atoms with Crippen LogP contribution in [-0.4, -0.2) is 5.78 Å². The molecule has 0 N–H and O–H groups in total. The van der Waals surface area contributed by atoms with Gasteiger partial charge in [0.25, 0.3) is 0 Å². The molecule has 0 saturated heterocycles. The third kappa shape index (κ3) is 3.11. The van der Waals surface area contributed by atoms with E-state index in [2.05, 4.69) is 0 Å². The maximum atomic E-state index is 13.6. The lowest BCUT2D eigenvalue weighted by Gasteiger charge is -2.15. The summed E-state index contributed by atoms with van der Waals surface area (Å²) in [7, 11) is 0. The molecule has 0 atom stereocenters. The van der Waals surface area contributed by atoms with Gasteiger partial charge in [-0.25, -0.2) is 8.78 Å². The zero-order valence-corrected chi connectivity index (χ0v) is 9.10. The van der Waals surface area contributed by atoms with E-state index in [0.29, 0.717) is 5.56 Å². The Morgan fingerprint density at radius 3 is 2.47 bits per heavy atom. The molecule has 0 spiro atoms. The fourth-order valence-electron chi connectivity index (χ4n) is 1.35. The van der Waals surface area contributed by atoms with Crippen LogP contribution in [0.4, 0.5) is 8.78 Å². The summed E-state index contributed by atoms with van der Waals surface area (Å²) in [6, 6.07) is 4.02. The van der Waals surface area contributed by atoms with Gasteiger partial charge in [-0.2, -0.15) is 0 Å². The second-order valence-corrected chi connectivity index (χ2v) is 4.16. The number of hydrogen-bond acceptors (Lipinski definition) is 1. The Kier molecular flexibility index (Phi) is 3.22. The molecule has 0 aliphatic heterocycles. The molecule has 15 heavy (non-hydrogen) atoms. The molecule has 1 nitrogen and oxygen atoms in total. The lowest BCUT2D eigenvalue weighted by molar-refractivity contribution is -0.116.